The van der Waals surface area contributed by atoms with Crippen molar-refractivity contribution in [1.82, 2.24) is 5.32 Å². The summed E-state index contributed by atoms with van der Waals surface area (Å²) in [6, 6.07) is 3.77. The van der Waals surface area contributed by atoms with Gasteiger partial charge in [0.2, 0.25) is 10.0 Å². The Kier molecular flexibility index (Phi) is 4.62. The van der Waals surface area contributed by atoms with Gasteiger partial charge in [0, 0.05) is 13.6 Å². The monoisotopic (exact) mass is 301 g/mol. The van der Waals surface area contributed by atoms with Crippen molar-refractivity contribution in [2.24, 2.45) is 11.1 Å². The number of benzene rings is 1. The fraction of sp³-hybridized carbons (Fsp3) is 0.538. The average molecular weight is 301 g/mol. The molecule has 112 valence electrons. The number of rotatable bonds is 4. The minimum atomic E-state index is -3.86. The number of piperidine rings is 1. The Bertz CT molecular complexity index is 571. The van der Waals surface area contributed by atoms with Crippen LogP contribution in [0.1, 0.15) is 12.8 Å². The Hall–Kier alpha value is -1.18. The summed E-state index contributed by atoms with van der Waals surface area (Å²) in [5.74, 6) is -0.0890. The molecule has 1 aliphatic rings. The molecule has 1 aromatic rings. The standard InChI is InChI=1S/C13H20FN3O2S/c1-17(9-10-3-2-6-16-8-10)13-5-4-11(7-12(13)14)20(15,18)19/h4-5,7,10,16H,2-3,6,8-9H2,1H3,(H2,15,18,19). The second-order valence-corrected chi connectivity index (χ2v) is 6.81. The average Bonchev–Trinajstić information content (AvgIpc) is 2.38. The van der Waals surface area contributed by atoms with E-state index < -0.39 is 15.8 Å². The van der Waals surface area contributed by atoms with Gasteiger partial charge in [0.1, 0.15) is 5.82 Å². The van der Waals surface area contributed by atoms with E-state index in [1.165, 1.54) is 12.1 Å². The molecule has 1 fully saturated rings. The first-order valence-electron chi connectivity index (χ1n) is 6.62. The Morgan fingerprint density at radius 2 is 2.25 bits per heavy atom. The fourth-order valence-corrected chi connectivity index (χ4v) is 3.07. The third-order valence-corrected chi connectivity index (χ3v) is 4.50. The fourth-order valence-electron chi connectivity index (χ4n) is 2.54. The molecule has 1 heterocycles. The van der Waals surface area contributed by atoms with Crippen molar-refractivity contribution in [3.63, 3.8) is 0 Å². The Labute approximate surface area is 119 Å². The van der Waals surface area contributed by atoms with Gasteiger partial charge in [-0.3, -0.25) is 0 Å². The van der Waals surface area contributed by atoms with Gasteiger partial charge >= 0.3 is 0 Å². The van der Waals surface area contributed by atoms with E-state index in [-0.39, 0.29) is 4.90 Å². The topological polar surface area (TPSA) is 75.4 Å². The van der Waals surface area contributed by atoms with Crippen LogP contribution in [-0.2, 0) is 10.0 Å². The Balaban J connectivity index is 2.11. The number of nitrogens with one attached hydrogen (secondary N) is 1. The molecule has 20 heavy (non-hydrogen) atoms. The van der Waals surface area contributed by atoms with Crippen LogP contribution in [0.25, 0.3) is 0 Å². The zero-order chi connectivity index (χ0) is 14.8. The highest BCUT2D eigenvalue weighted by Crippen LogP contribution is 2.23. The van der Waals surface area contributed by atoms with Gasteiger partial charge in [-0.1, -0.05) is 0 Å². The molecule has 2 rings (SSSR count). The predicted octanol–water partition coefficient (Wildman–Crippen LogP) is 0.909. The third-order valence-electron chi connectivity index (χ3n) is 3.59. The summed E-state index contributed by atoms with van der Waals surface area (Å²) in [7, 11) is -2.05. The first-order chi connectivity index (χ1) is 9.38. The van der Waals surface area contributed by atoms with E-state index in [9.17, 15) is 12.8 Å². The molecule has 1 atom stereocenters. The van der Waals surface area contributed by atoms with Crippen molar-refractivity contribution >= 4 is 15.7 Å². The van der Waals surface area contributed by atoms with Gasteiger partial charge in [0.25, 0.3) is 0 Å². The number of hydrogen-bond acceptors (Lipinski definition) is 4. The summed E-state index contributed by atoms with van der Waals surface area (Å²) in [5, 5.41) is 8.30. The second kappa shape index (κ2) is 6.07. The molecule has 0 bridgehead atoms. The van der Waals surface area contributed by atoms with E-state index >= 15 is 0 Å². The number of nitrogens with zero attached hydrogens (tertiary/aromatic N) is 1. The largest absolute Gasteiger partial charge is 0.372 e. The molecule has 1 aliphatic heterocycles. The van der Waals surface area contributed by atoms with E-state index in [1.54, 1.807) is 0 Å². The molecule has 0 radical (unpaired) electrons. The minimum Gasteiger partial charge on any atom is -0.372 e. The van der Waals surface area contributed by atoms with Crippen LogP contribution >= 0.6 is 0 Å². The van der Waals surface area contributed by atoms with Gasteiger partial charge < -0.3 is 10.2 Å². The SMILES string of the molecule is CN(CC1CCCNC1)c1ccc(S(N)(=O)=O)cc1F. The van der Waals surface area contributed by atoms with Gasteiger partial charge in [-0.05, 0) is 50.0 Å². The second-order valence-electron chi connectivity index (χ2n) is 5.25. The summed E-state index contributed by atoms with van der Waals surface area (Å²) in [6.45, 7) is 2.71. The van der Waals surface area contributed by atoms with Crippen molar-refractivity contribution in [3.05, 3.63) is 24.0 Å². The number of hydrogen-bond donors (Lipinski definition) is 2. The quantitative estimate of drug-likeness (QED) is 0.867. The number of nitrogens with two attached hydrogens (primary N) is 1. The van der Waals surface area contributed by atoms with E-state index in [0.29, 0.717) is 11.6 Å². The molecule has 0 amide bonds. The molecule has 0 aliphatic carbocycles. The lowest BCUT2D eigenvalue weighted by Gasteiger charge is -2.29. The van der Waals surface area contributed by atoms with Crippen molar-refractivity contribution in [2.75, 3.05) is 31.6 Å². The zero-order valence-corrected chi connectivity index (χ0v) is 12.3. The van der Waals surface area contributed by atoms with Crippen LogP contribution in [0.4, 0.5) is 10.1 Å². The summed E-state index contributed by atoms with van der Waals surface area (Å²) < 4.78 is 36.4. The summed E-state index contributed by atoms with van der Waals surface area (Å²) in [5.41, 5.74) is 0.392. The molecular weight excluding hydrogens is 281 g/mol. The van der Waals surface area contributed by atoms with Gasteiger partial charge in [0.05, 0.1) is 10.6 Å². The summed E-state index contributed by atoms with van der Waals surface area (Å²) >= 11 is 0. The maximum Gasteiger partial charge on any atom is 0.238 e. The number of primary sulfonamides is 1. The Morgan fingerprint density at radius 1 is 1.50 bits per heavy atom. The molecule has 0 spiro atoms. The van der Waals surface area contributed by atoms with Crippen LogP contribution in [0.2, 0.25) is 0 Å². The lowest BCUT2D eigenvalue weighted by molar-refractivity contribution is 0.380. The van der Waals surface area contributed by atoms with Crippen LogP contribution in [0.3, 0.4) is 0 Å². The van der Waals surface area contributed by atoms with Crippen LogP contribution in [0.5, 0.6) is 0 Å². The van der Waals surface area contributed by atoms with Gasteiger partial charge in [-0.25, -0.2) is 17.9 Å². The molecule has 0 saturated carbocycles. The molecule has 0 aromatic heterocycles. The predicted molar refractivity (Wildman–Crippen MR) is 76.6 cm³/mol. The smallest absolute Gasteiger partial charge is 0.238 e. The lowest BCUT2D eigenvalue weighted by Crippen LogP contribution is -2.37. The van der Waals surface area contributed by atoms with Crippen LogP contribution in [0, 0.1) is 11.7 Å². The van der Waals surface area contributed by atoms with Crippen LogP contribution in [0.15, 0.2) is 23.1 Å². The highest BCUT2D eigenvalue weighted by atomic mass is 32.2. The van der Waals surface area contributed by atoms with E-state index in [2.05, 4.69) is 5.32 Å². The summed E-state index contributed by atoms with van der Waals surface area (Å²) in [4.78, 5) is 1.62. The summed E-state index contributed by atoms with van der Waals surface area (Å²) in [6.07, 6.45) is 2.25. The van der Waals surface area contributed by atoms with Crippen molar-refractivity contribution in [1.29, 1.82) is 0 Å². The molecule has 5 nitrogen and oxygen atoms in total. The zero-order valence-electron chi connectivity index (χ0n) is 11.5. The third kappa shape index (κ3) is 3.68. The molecule has 3 N–H and O–H groups in total. The van der Waals surface area contributed by atoms with Gasteiger partial charge in [-0.15, -0.1) is 0 Å². The number of sulfonamides is 1. The van der Waals surface area contributed by atoms with Crippen molar-refractivity contribution < 1.29 is 12.8 Å². The molecule has 1 saturated heterocycles. The number of halogens is 1. The van der Waals surface area contributed by atoms with Gasteiger partial charge in [0.15, 0.2) is 0 Å². The number of anilines is 1. The van der Waals surface area contributed by atoms with Crippen LogP contribution in [-0.4, -0.2) is 35.1 Å². The van der Waals surface area contributed by atoms with E-state index in [0.717, 1.165) is 38.5 Å². The maximum atomic E-state index is 14.0. The molecule has 1 unspecified atom stereocenters. The highest BCUT2D eigenvalue weighted by Gasteiger charge is 2.18. The first kappa shape index (κ1) is 15.2. The van der Waals surface area contributed by atoms with Gasteiger partial charge in [-0.2, -0.15) is 0 Å². The normalized spacial score (nSPS) is 19.9. The lowest BCUT2D eigenvalue weighted by atomic mass is 9.99. The van der Waals surface area contributed by atoms with Crippen molar-refractivity contribution in [2.45, 2.75) is 17.7 Å². The first-order valence-corrected chi connectivity index (χ1v) is 8.17. The highest BCUT2D eigenvalue weighted by molar-refractivity contribution is 7.89. The Morgan fingerprint density at radius 3 is 2.80 bits per heavy atom. The maximum absolute atomic E-state index is 14.0. The molecule has 7 heteroatoms. The molecular formula is C13H20FN3O2S. The van der Waals surface area contributed by atoms with Crippen LogP contribution < -0.4 is 15.4 Å². The van der Waals surface area contributed by atoms with E-state index in [1.807, 2.05) is 11.9 Å². The van der Waals surface area contributed by atoms with Crippen molar-refractivity contribution in [3.8, 4) is 0 Å². The molecule has 1 aromatic carbocycles. The van der Waals surface area contributed by atoms with E-state index in [4.69, 9.17) is 5.14 Å². The minimum absolute atomic E-state index is 0.202.